The molecule has 2 unspecified atom stereocenters. The Morgan fingerprint density at radius 2 is 2.00 bits per heavy atom. The van der Waals surface area contributed by atoms with Crippen LogP contribution in [0.4, 0.5) is 5.69 Å². The molecule has 1 aliphatic rings. The van der Waals surface area contributed by atoms with E-state index >= 15 is 0 Å². The minimum Gasteiger partial charge on any atom is -0.399 e. The van der Waals surface area contributed by atoms with E-state index in [1.54, 1.807) is 0 Å². The number of rotatable bonds is 4. The maximum atomic E-state index is 6.00. The number of ether oxygens (including phenoxy) is 1. The summed E-state index contributed by atoms with van der Waals surface area (Å²) >= 11 is 0. The summed E-state index contributed by atoms with van der Waals surface area (Å²) in [5.74, 6) is 0.719. The predicted molar refractivity (Wildman–Crippen MR) is 71.9 cm³/mol. The molecule has 2 N–H and O–H groups in total. The van der Waals surface area contributed by atoms with E-state index in [0.717, 1.165) is 24.6 Å². The summed E-state index contributed by atoms with van der Waals surface area (Å²) in [7, 11) is 0. The van der Waals surface area contributed by atoms with Crippen molar-refractivity contribution in [2.75, 3.05) is 12.3 Å². The number of hydrogen-bond acceptors (Lipinski definition) is 2. The maximum absolute atomic E-state index is 6.00. The Morgan fingerprint density at radius 3 is 2.76 bits per heavy atom. The van der Waals surface area contributed by atoms with Gasteiger partial charge in [0.25, 0.3) is 0 Å². The third-order valence-electron chi connectivity index (χ3n) is 3.79. The maximum Gasteiger partial charge on any atom is 0.0600 e. The van der Waals surface area contributed by atoms with E-state index in [1.807, 2.05) is 18.2 Å². The lowest BCUT2D eigenvalue weighted by Crippen LogP contribution is -2.26. The molecular weight excluding hydrogens is 210 g/mol. The van der Waals surface area contributed by atoms with Crippen LogP contribution in [0.15, 0.2) is 24.3 Å². The number of anilines is 1. The van der Waals surface area contributed by atoms with Crippen molar-refractivity contribution >= 4 is 5.69 Å². The molecule has 94 valence electrons. The van der Waals surface area contributed by atoms with E-state index in [-0.39, 0.29) is 0 Å². The lowest BCUT2D eigenvalue weighted by Gasteiger charge is -2.28. The van der Waals surface area contributed by atoms with Crippen LogP contribution in [0.25, 0.3) is 0 Å². The zero-order valence-electron chi connectivity index (χ0n) is 10.7. The van der Waals surface area contributed by atoms with E-state index < -0.39 is 0 Å². The molecule has 0 saturated heterocycles. The van der Waals surface area contributed by atoms with Crippen molar-refractivity contribution < 1.29 is 4.74 Å². The highest BCUT2D eigenvalue weighted by molar-refractivity contribution is 5.46. The first-order chi connectivity index (χ1) is 8.27. The Hall–Kier alpha value is -1.02. The Balaban J connectivity index is 1.77. The molecule has 0 heterocycles. The summed E-state index contributed by atoms with van der Waals surface area (Å²) in [6.45, 7) is 3.10. The molecule has 0 radical (unpaired) electrons. The highest BCUT2D eigenvalue weighted by Gasteiger charge is 2.21. The SMILES string of the molecule is CC1CCCCC1OCCc1ccccc1N. The molecule has 2 heteroatoms. The summed E-state index contributed by atoms with van der Waals surface area (Å²) < 4.78 is 6.00. The van der Waals surface area contributed by atoms with E-state index in [9.17, 15) is 0 Å². The Kier molecular flexibility index (Phi) is 4.43. The minimum absolute atomic E-state index is 0.466. The molecule has 0 bridgehead atoms. The number of nitrogen functional groups attached to an aromatic ring is 1. The highest BCUT2D eigenvalue weighted by atomic mass is 16.5. The average molecular weight is 233 g/mol. The fraction of sp³-hybridized carbons (Fsp3) is 0.600. The largest absolute Gasteiger partial charge is 0.399 e. The second kappa shape index (κ2) is 6.06. The first kappa shape index (κ1) is 12.4. The van der Waals surface area contributed by atoms with Gasteiger partial charge in [0.2, 0.25) is 0 Å². The van der Waals surface area contributed by atoms with Gasteiger partial charge in [0, 0.05) is 5.69 Å². The fourth-order valence-electron chi connectivity index (χ4n) is 2.61. The molecule has 2 rings (SSSR count). The van der Waals surface area contributed by atoms with Crippen LogP contribution < -0.4 is 5.73 Å². The van der Waals surface area contributed by atoms with Crippen LogP contribution in [0.2, 0.25) is 0 Å². The summed E-state index contributed by atoms with van der Waals surface area (Å²) in [6.07, 6.45) is 6.63. The van der Waals surface area contributed by atoms with Gasteiger partial charge in [0.1, 0.15) is 0 Å². The summed E-state index contributed by atoms with van der Waals surface area (Å²) in [6, 6.07) is 8.05. The van der Waals surface area contributed by atoms with Crippen molar-refractivity contribution in [1.29, 1.82) is 0 Å². The van der Waals surface area contributed by atoms with Crippen LogP contribution in [-0.4, -0.2) is 12.7 Å². The lowest BCUT2D eigenvalue weighted by atomic mass is 9.88. The lowest BCUT2D eigenvalue weighted by molar-refractivity contribution is -0.00328. The van der Waals surface area contributed by atoms with Crippen molar-refractivity contribution in [3.8, 4) is 0 Å². The number of nitrogens with two attached hydrogens (primary N) is 1. The molecule has 1 aromatic rings. The molecule has 0 aliphatic heterocycles. The second-order valence-electron chi connectivity index (χ2n) is 5.12. The van der Waals surface area contributed by atoms with Gasteiger partial charge in [-0.3, -0.25) is 0 Å². The molecule has 0 amide bonds. The van der Waals surface area contributed by atoms with E-state index in [0.29, 0.717) is 6.10 Å². The van der Waals surface area contributed by atoms with Gasteiger partial charge in [-0.15, -0.1) is 0 Å². The fourth-order valence-corrected chi connectivity index (χ4v) is 2.61. The van der Waals surface area contributed by atoms with Crippen LogP contribution in [0.3, 0.4) is 0 Å². The monoisotopic (exact) mass is 233 g/mol. The Labute approximate surface area is 104 Å². The van der Waals surface area contributed by atoms with Crippen LogP contribution in [0, 0.1) is 5.92 Å². The molecule has 17 heavy (non-hydrogen) atoms. The molecule has 1 saturated carbocycles. The van der Waals surface area contributed by atoms with Gasteiger partial charge in [-0.05, 0) is 36.8 Å². The number of para-hydroxylation sites is 1. The van der Waals surface area contributed by atoms with Crippen molar-refractivity contribution in [3.05, 3.63) is 29.8 Å². The molecule has 1 aliphatic carbocycles. The average Bonchev–Trinajstić information content (AvgIpc) is 2.34. The summed E-state index contributed by atoms with van der Waals surface area (Å²) in [5, 5.41) is 0. The smallest absolute Gasteiger partial charge is 0.0600 e. The molecule has 1 fully saturated rings. The van der Waals surface area contributed by atoms with Gasteiger partial charge in [-0.25, -0.2) is 0 Å². The van der Waals surface area contributed by atoms with E-state index in [4.69, 9.17) is 10.5 Å². The number of hydrogen-bond donors (Lipinski definition) is 1. The molecule has 1 aromatic carbocycles. The van der Waals surface area contributed by atoms with Gasteiger partial charge in [0.15, 0.2) is 0 Å². The topological polar surface area (TPSA) is 35.2 Å². The van der Waals surface area contributed by atoms with E-state index in [1.165, 1.54) is 31.2 Å². The number of benzene rings is 1. The minimum atomic E-state index is 0.466. The molecule has 0 aromatic heterocycles. The van der Waals surface area contributed by atoms with Crippen molar-refractivity contribution in [2.24, 2.45) is 5.92 Å². The van der Waals surface area contributed by atoms with Crippen molar-refractivity contribution in [3.63, 3.8) is 0 Å². The van der Waals surface area contributed by atoms with Crippen LogP contribution in [-0.2, 0) is 11.2 Å². The van der Waals surface area contributed by atoms with Crippen LogP contribution >= 0.6 is 0 Å². The molecule has 2 atom stereocenters. The van der Waals surface area contributed by atoms with E-state index in [2.05, 4.69) is 13.0 Å². The zero-order valence-corrected chi connectivity index (χ0v) is 10.7. The first-order valence-electron chi connectivity index (χ1n) is 6.72. The van der Waals surface area contributed by atoms with Gasteiger partial charge >= 0.3 is 0 Å². The molecular formula is C15H23NO. The Morgan fingerprint density at radius 1 is 1.24 bits per heavy atom. The van der Waals surface area contributed by atoms with Crippen LogP contribution in [0.1, 0.15) is 38.2 Å². The normalized spacial score (nSPS) is 24.8. The second-order valence-corrected chi connectivity index (χ2v) is 5.12. The van der Waals surface area contributed by atoms with Gasteiger partial charge in [-0.1, -0.05) is 38.0 Å². The standard InChI is InChI=1S/C15H23NO/c1-12-6-2-5-9-15(12)17-11-10-13-7-3-4-8-14(13)16/h3-4,7-8,12,15H,2,5-6,9-11,16H2,1H3. The van der Waals surface area contributed by atoms with Crippen molar-refractivity contribution in [1.82, 2.24) is 0 Å². The third kappa shape index (κ3) is 3.47. The third-order valence-corrected chi connectivity index (χ3v) is 3.79. The van der Waals surface area contributed by atoms with Gasteiger partial charge < -0.3 is 10.5 Å². The van der Waals surface area contributed by atoms with Crippen molar-refractivity contribution in [2.45, 2.75) is 45.1 Å². The van der Waals surface area contributed by atoms with Gasteiger partial charge in [-0.2, -0.15) is 0 Å². The zero-order chi connectivity index (χ0) is 12.1. The van der Waals surface area contributed by atoms with Crippen LogP contribution in [0.5, 0.6) is 0 Å². The predicted octanol–water partition coefficient (Wildman–Crippen LogP) is 3.41. The first-order valence-corrected chi connectivity index (χ1v) is 6.72. The quantitative estimate of drug-likeness (QED) is 0.809. The summed E-state index contributed by atoms with van der Waals surface area (Å²) in [4.78, 5) is 0. The Bertz CT molecular complexity index is 351. The highest BCUT2D eigenvalue weighted by Crippen LogP contribution is 2.26. The molecule has 0 spiro atoms. The molecule has 2 nitrogen and oxygen atoms in total. The van der Waals surface area contributed by atoms with Gasteiger partial charge in [0.05, 0.1) is 12.7 Å². The summed E-state index contributed by atoms with van der Waals surface area (Å²) in [5.41, 5.74) is 8.00.